The summed E-state index contributed by atoms with van der Waals surface area (Å²) in [7, 11) is 0. The van der Waals surface area contributed by atoms with Gasteiger partial charge in [-0.15, -0.1) is 0 Å². The minimum absolute atomic E-state index is 0.258. The molecule has 2 N–H and O–H groups in total. The van der Waals surface area contributed by atoms with E-state index in [9.17, 15) is 0 Å². The summed E-state index contributed by atoms with van der Waals surface area (Å²) in [5.41, 5.74) is 6.41. The third kappa shape index (κ3) is 2.21. The molecule has 0 bridgehead atoms. The summed E-state index contributed by atoms with van der Waals surface area (Å²) in [6, 6.07) is 1.61. The fourth-order valence-corrected chi connectivity index (χ4v) is 1.44. The minimum atomic E-state index is -0.258. The second-order valence-electron chi connectivity index (χ2n) is 3.14. The maximum absolute atomic E-state index is 5.61. The topological polar surface area (TPSA) is 77.8 Å². The Hall–Kier alpha value is -1.27. The molecule has 78 valence electrons. The molecule has 0 radical (unpaired) electrons. The number of nitrogens with two attached hydrogens (primary N) is 1. The molecule has 0 saturated carbocycles. The van der Waals surface area contributed by atoms with Crippen molar-refractivity contribution in [2.24, 2.45) is 5.73 Å². The highest BCUT2D eigenvalue weighted by molar-refractivity contribution is 9.10. The normalized spacial score (nSPS) is 12.7. The van der Waals surface area contributed by atoms with E-state index in [-0.39, 0.29) is 6.04 Å². The van der Waals surface area contributed by atoms with Gasteiger partial charge in [-0.3, -0.25) is 4.98 Å². The Bertz CT molecular complexity index is 469. The molecule has 0 aliphatic carbocycles. The first kappa shape index (κ1) is 10.3. The van der Waals surface area contributed by atoms with E-state index in [0.29, 0.717) is 11.7 Å². The van der Waals surface area contributed by atoms with E-state index in [4.69, 9.17) is 10.3 Å². The molecule has 15 heavy (non-hydrogen) atoms. The number of pyridine rings is 1. The molecule has 0 aliphatic heterocycles. The van der Waals surface area contributed by atoms with Crippen LogP contribution >= 0.6 is 15.9 Å². The zero-order chi connectivity index (χ0) is 10.8. The van der Waals surface area contributed by atoms with Crippen LogP contribution < -0.4 is 5.73 Å². The molecule has 2 aromatic heterocycles. The number of hydrogen-bond acceptors (Lipinski definition) is 5. The van der Waals surface area contributed by atoms with Gasteiger partial charge >= 0.3 is 0 Å². The second kappa shape index (κ2) is 4.08. The molecule has 1 atom stereocenters. The molecule has 0 spiro atoms. The second-order valence-corrected chi connectivity index (χ2v) is 4.05. The Morgan fingerprint density at radius 1 is 1.47 bits per heavy atom. The number of rotatable bonds is 2. The zero-order valence-electron chi connectivity index (χ0n) is 8.01. The lowest BCUT2D eigenvalue weighted by Gasteiger charge is -1.94. The summed E-state index contributed by atoms with van der Waals surface area (Å²) in [5.74, 6) is 0.918. The van der Waals surface area contributed by atoms with E-state index >= 15 is 0 Å². The number of aromatic nitrogens is 3. The van der Waals surface area contributed by atoms with Crippen LogP contribution in [0.25, 0.3) is 11.4 Å². The van der Waals surface area contributed by atoms with Crippen LogP contribution in [0.3, 0.4) is 0 Å². The first-order valence-corrected chi connectivity index (χ1v) is 5.16. The van der Waals surface area contributed by atoms with E-state index in [1.165, 1.54) is 0 Å². The van der Waals surface area contributed by atoms with Crippen LogP contribution in [0, 0.1) is 0 Å². The summed E-state index contributed by atoms with van der Waals surface area (Å²) in [6.07, 6.45) is 3.36. The van der Waals surface area contributed by atoms with Gasteiger partial charge in [-0.25, -0.2) is 0 Å². The van der Waals surface area contributed by atoms with E-state index in [1.807, 2.05) is 6.07 Å². The molecular formula is C9H9BrN4O. The molecule has 0 unspecified atom stereocenters. The average molecular weight is 269 g/mol. The van der Waals surface area contributed by atoms with Crippen molar-refractivity contribution in [3.63, 3.8) is 0 Å². The lowest BCUT2D eigenvalue weighted by Crippen LogP contribution is -2.04. The summed E-state index contributed by atoms with van der Waals surface area (Å²) in [5, 5.41) is 3.82. The lowest BCUT2D eigenvalue weighted by molar-refractivity contribution is 0.362. The van der Waals surface area contributed by atoms with Crippen molar-refractivity contribution in [3.8, 4) is 11.4 Å². The van der Waals surface area contributed by atoms with Gasteiger partial charge in [-0.2, -0.15) is 4.98 Å². The van der Waals surface area contributed by atoms with Gasteiger partial charge in [0.15, 0.2) is 0 Å². The Morgan fingerprint density at radius 3 is 2.87 bits per heavy atom. The largest absolute Gasteiger partial charge is 0.337 e. The molecule has 0 aliphatic rings. The van der Waals surface area contributed by atoms with Gasteiger partial charge in [-0.05, 0) is 28.9 Å². The summed E-state index contributed by atoms with van der Waals surface area (Å²) in [6.45, 7) is 1.79. The predicted octanol–water partition coefficient (Wildman–Crippen LogP) is 1.91. The van der Waals surface area contributed by atoms with Crippen molar-refractivity contribution < 1.29 is 4.52 Å². The molecular weight excluding hydrogens is 260 g/mol. The van der Waals surface area contributed by atoms with Gasteiger partial charge in [0.1, 0.15) is 0 Å². The highest BCUT2D eigenvalue weighted by Gasteiger charge is 2.11. The fourth-order valence-electron chi connectivity index (χ4n) is 1.07. The number of hydrogen-bond donors (Lipinski definition) is 1. The first-order valence-electron chi connectivity index (χ1n) is 4.37. The van der Waals surface area contributed by atoms with Gasteiger partial charge in [0.05, 0.1) is 6.04 Å². The minimum Gasteiger partial charge on any atom is -0.337 e. The van der Waals surface area contributed by atoms with Crippen molar-refractivity contribution in [2.45, 2.75) is 13.0 Å². The van der Waals surface area contributed by atoms with E-state index in [2.05, 4.69) is 31.1 Å². The van der Waals surface area contributed by atoms with E-state index < -0.39 is 0 Å². The van der Waals surface area contributed by atoms with Crippen LogP contribution in [0.1, 0.15) is 18.9 Å². The van der Waals surface area contributed by atoms with Crippen molar-refractivity contribution in [1.29, 1.82) is 0 Å². The average Bonchev–Trinajstić information content (AvgIpc) is 2.66. The molecule has 5 nitrogen and oxygen atoms in total. The third-order valence-corrected chi connectivity index (χ3v) is 2.23. The highest BCUT2D eigenvalue weighted by atomic mass is 79.9. The molecule has 0 fully saturated rings. The molecule has 2 aromatic rings. The van der Waals surface area contributed by atoms with Crippen molar-refractivity contribution >= 4 is 15.9 Å². The van der Waals surface area contributed by atoms with Crippen molar-refractivity contribution in [1.82, 2.24) is 15.1 Å². The van der Waals surface area contributed by atoms with Gasteiger partial charge in [0.2, 0.25) is 11.7 Å². The maximum atomic E-state index is 5.61. The standard InChI is InChI=1S/C9H9BrN4O/c1-5(11)9-13-8(14-15-9)6-2-7(10)4-12-3-6/h2-5H,11H2,1H3/t5-/m1/s1. The van der Waals surface area contributed by atoms with Crippen molar-refractivity contribution in [3.05, 3.63) is 28.8 Å². The van der Waals surface area contributed by atoms with Gasteiger partial charge in [0, 0.05) is 22.4 Å². The van der Waals surface area contributed by atoms with Crippen molar-refractivity contribution in [2.75, 3.05) is 0 Å². The summed E-state index contributed by atoms with van der Waals surface area (Å²) >= 11 is 3.32. The van der Waals surface area contributed by atoms with Crippen LogP contribution in [0.5, 0.6) is 0 Å². The quantitative estimate of drug-likeness (QED) is 0.901. The van der Waals surface area contributed by atoms with E-state index in [1.54, 1.807) is 19.3 Å². The maximum Gasteiger partial charge on any atom is 0.243 e. The monoisotopic (exact) mass is 268 g/mol. The molecule has 0 aromatic carbocycles. The third-order valence-electron chi connectivity index (χ3n) is 1.79. The zero-order valence-corrected chi connectivity index (χ0v) is 9.60. The number of nitrogens with zero attached hydrogens (tertiary/aromatic N) is 3. The van der Waals surface area contributed by atoms with Crippen LogP contribution in [0.2, 0.25) is 0 Å². The molecule has 6 heteroatoms. The summed E-state index contributed by atoms with van der Waals surface area (Å²) in [4.78, 5) is 8.17. The lowest BCUT2D eigenvalue weighted by atomic mass is 10.3. The smallest absolute Gasteiger partial charge is 0.243 e. The Kier molecular flexibility index (Phi) is 2.79. The molecule has 0 amide bonds. The molecule has 0 saturated heterocycles. The first-order chi connectivity index (χ1) is 7.16. The van der Waals surface area contributed by atoms with Crippen LogP contribution in [-0.4, -0.2) is 15.1 Å². The van der Waals surface area contributed by atoms with E-state index in [0.717, 1.165) is 10.0 Å². The Morgan fingerprint density at radius 2 is 2.27 bits per heavy atom. The van der Waals surface area contributed by atoms with Gasteiger partial charge in [-0.1, -0.05) is 5.16 Å². The SMILES string of the molecule is C[C@@H](N)c1nc(-c2cncc(Br)c2)no1. The highest BCUT2D eigenvalue weighted by Crippen LogP contribution is 2.19. The molecule has 2 heterocycles. The van der Waals surface area contributed by atoms with Crippen LogP contribution in [0.15, 0.2) is 27.5 Å². The molecule has 2 rings (SSSR count). The fraction of sp³-hybridized carbons (Fsp3) is 0.222. The van der Waals surface area contributed by atoms with Gasteiger partial charge < -0.3 is 10.3 Å². The number of halogens is 1. The summed E-state index contributed by atoms with van der Waals surface area (Å²) < 4.78 is 5.86. The Balaban J connectivity index is 2.37. The van der Waals surface area contributed by atoms with Gasteiger partial charge in [0.25, 0.3) is 0 Å². The van der Waals surface area contributed by atoms with Crippen LogP contribution in [-0.2, 0) is 0 Å². The Labute approximate surface area is 94.8 Å². The predicted molar refractivity (Wildman–Crippen MR) is 57.8 cm³/mol. The van der Waals surface area contributed by atoms with Crippen LogP contribution in [0.4, 0.5) is 0 Å².